The molecular formula is C10H10ClN3O. The molecule has 2 N–H and O–H groups in total. The van der Waals surface area contributed by atoms with Crippen LogP contribution in [0.3, 0.4) is 0 Å². The lowest BCUT2D eigenvalue weighted by atomic mass is 10.3. The predicted octanol–water partition coefficient (Wildman–Crippen LogP) is 2.45. The molecule has 0 amide bonds. The Balaban J connectivity index is 2.36. The van der Waals surface area contributed by atoms with Crippen molar-refractivity contribution in [2.24, 2.45) is 7.05 Å². The fraction of sp³-hybridized carbons (Fsp3) is 0.100. The van der Waals surface area contributed by atoms with Gasteiger partial charge in [-0.3, -0.25) is 0 Å². The number of imidazole rings is 1. The number of para-hydroxylation sites is 1. The van der Waals surface area contributed by atoms with Crippen LogP contribution < -0.4 is 10.5 Å². The molecule has 0 aliphatic heterocycles. The van der Waals surface area contributed by atoms with Gasteiger partial charge in [-0.15, -0.1) is 0 Å². The van der Waals surface area contributed by atoms with E-state index in [1.165, 1.54) is 0 Å². The third kappa shape index (κ3) is 1.89. The summed E-state index contributed by atoms with van der Waals surface area (Å²) < 4.78 is 7.24. The average Bonchev–Trinajstić information content (AvgIpc) is 2.58. The first kappa shape index (κ1) is 9.86. The number of ether oxygens (including phenoxy) is 1. The monoisotopic (exact) mass is 223 g/mol. The zero-order valence-corrected chi connectivity index (χ0v) is 8.90. The SMILES string of the molecule is Cn1ccnc1Oc1c(N)cccc1Cl. The number of halogens is 1. The van der Waals surface area contributed by atoms with Gasteiger partial charge >= 0.3 is 6.01 Å². The maximum atomic E-state index is 5.96. The number of aryl methyl sites for hydroxylation is 1. The fourth-order valence-electron chi connectivity index (χ4n) is 1.17. The lowest BCUT2D eigenvalue weighted by Gasteiger charge is -2.08. The molecule has 0 saturated heterocycles. The number of nitrogens with two attached hydrogens (primary N) is 1. The number of rotatable bonds is 2. The lowest BCUT2D eigenvalue weighted by Crippen LogP contribution is -1.97. The quantitative estimate of drug-likeness (QED) is 0.796. The smallest absolute Gasteiger partial charge is 0.301 e. The van der Waals surface area contributed by atoms with Crippen LogP contribution in [0.2, 0.25) is 5.02 Å². The maximum absolute atomic E-state index is 5.96. The van der Waals surface area contributed by atoms with E-state index < -0.39 is 0 Å². The molecule has 5 heteroatoms. The average molecular weight is 224 g/mol. The standard InChI is InChI=1S/C10H10ClN3O/c1-14-6-5-13-10(14)15-9-7(11)3-2-4-8(9)12/h2-6H,12H2,1H3. The Bertz CT molecular complexity index is 461. The molecule has 78 valence electrons. The number of aromatic nitrogens is 2. The third-order valence-electron chi connectivity index (χ3n) is 1.97. The highest BCUT2D eigenvalue weighted by atomic mass is 35.5. The molecule has 1 heterocycles. The van der Waals surface area contributed by atoms with Crippen molar-refractivity contribution in [2.45, 2.75) is 0 Å². The van der Waals surface area contributed by atoms with Crippen LogP contribution in [0.15, 0.2) is 30.6 Å². The van der Waals surface area contributed by atoms with Crippen LogP contribution in [-0.4, -0.2) is 9.55 Å². The van der Waals surface area contributed by atoms with Crippen LogP contribution in [0.25, 0.3) is 0 Å². The normalized spacial score (nSPS) is 10.3. The number of anilines is 1. The molecule has 0 bridgehead atoms. The van der Waals surface area contributed by atoms with E-state index in [4.69, 9.17) is 22.1 Å². The van der Waals surface area contributed by atoms with Crippen molar-refractivity contribution >= 4 is 17.3 Å². The predicted molar refractivity (Wildman–Crippen MR) is 59.1 cm³/mol. The Morgan fingerprint density at radius 1 is 1.47 bits per heavy atom. The van der Waals surface area contributed by atoms with E-state index in [1.807, 2.05) is 7.05 Å². The summed E-state index contributed by atoms with van der Waals surface area (Å²) in [5, 5.41) is 0.470. The molecule has 1 aromatic carbocycles. The summed E-state index contributed by atoms with van der Waals surface area (Å²) in [6, 6.07) is 5.67. The Kier molecular flexibility index (Phi) is 2.51. The van der Waals surface area contributed by atoms with Gasteiger partial charge < -0.3 is 15.0 Å². The summed E-state index contributed by atoms with van der Waals surface area (Å²) in [6.45, 7) is 0. The van der Waals surface area contributed by atoms with Gasteiger partial charge in [0.1, 0.15) is 0 Å². The van der Waals surface area contributed by atoms with Gasteiger partial charge in [-0.05, 0) is 12.1 Å². The van der Waals surface area contributed by atoms with Gasteiger partial charge in [0.2, 0.25) is 0 Å². The van der Waals surface area contributed by atoms with Gasteiger partial charge in [0.15, 0.2) is 5.75 Å². The molecule has 0 atom stereocenters. The van der Waals surface area contributed by atoms with E-state index in [-0.39, 0.29) is 0 Å². The van der Waals surface area contributed by atoms with Crippen molar-refractivity contribution in [3.8, 4) is 11.8 Å². The number of nitrogens with zero attached hydrogens (tertiary/aromatic N) is 2. The molecule has 0 spiro atoms. The molecule has 0 saturated carbocycles. The molecule has 0 aliphatic carbocycles. The molecule has 0 radical (unpaired) electrons. The van der Waals surface area contributed by atoms with Gasteiger partial charge in [0.05, 0.1) is 10.7 Å². The summed E-state index contributed by atoms with van der Waals surface area (Å²) in [4.78, 5) is 4.02. The van der Waals surface area contributed by atoms with E-state index >= 15 is 0 Å². The molecule has 0 unspecified atom stereocenters. The second-order valence-electron chi connectivity index (χ2n) is 3.08. The van der Waals surface area contributed by atoms with Crippen molar-refractivity contribution in [1.82, 2.24) is 9.55 Å². The lowest BCUT2D eigenvalue weighted by molar-refractivity contribution is 0.427. The minimum atomic E-state index is 0.438. The molecule has 15 heavy (non-hydrogen) atoms. The minimum Gasteiger partial charge on any atom is -0.422 e. The van der Waals surface area contributed by atoms with Crippen molar-refractivity contribution in [2.75, 3.05) is 5.73 Å². The minimum absolute atomic E-state index is 0.438. The van der Waals surface area contributed by atoms with Crippen LogP contribution in [0, 0.1) is 0 Å². The number of hydrogen-bond donors (Lipinski definition) is 1. The molecule has 1 aromatic heterocycles. The van der Waals surface area contributed by atoms with E-state index in [1.54, 1.807) is 35.2 Å². The topological polar surface area (TPSA) is 53.1 Å². The molecule has 4 nitrogen and oxygen atoms in total. The highest BCUT2D eigenvalue weighted by Crippen LogP contribution is 2.33. The van der Waals surface area contributed by atoms with Crippen LogP contribution in [0.5, 0.6) is 11.8 Å². The van der Waals surface area contributed by atoms with Crippen LogP contribution >= 0.6 is 11.6 Å². The fourth-order valence-corrected chi connectivity index (χ4v) is 1.40. The number of benzene rings is 1. The first-order valence-corrected chi connectivity index (χ1v) is 4.75. The van der Waals surface area contributed by atoms with Crippen LogP contribution in [0.4, 0.5) is 5.69 Å². The molecule has 2 rings (SSSR count). The highest BCUT2D eigenvalue weighted by Gasteiger charge is 2.09. The van der Waals surface area contributed by atoms with E-state index in [0.717, 1.165) is 0 Å². The summed E-state index contributed by atoms with van der Waals surface area (Å²) in [5.41, 5.74) is 6.23. The highest BCUT2D eigenvalue weighted by molar-refractivity contribution is 6.32. The third-order valence-corrected chi connectivity index (χ3v) is 2.27. The van der Waals surface area contributed by atoms with Gasteiger partial charge in [-0.25, -0.2) is 4.98 Å². The summed E-state index contributed by atoms with van der Waals surface area (Å²) in [5.74, 6) is 0.438. The van der Waals surface area contributed by atoms with E-state index in [2.05, 4.69) is 4.98 Å². The van der Waals surface area contributed by atoms with Crippen molar-refractivity contribution < 1.29 is 4.74 Å². The zero-order chi connectivity index (χ0) is 10.8. The van der Waals surface area contributed by atoms with Gasteiger partial charge in [0.25, 0.3) is 0 Å². The second kappa shape index (κ2) is 3.82. The number of hydrogen-bond acceptors (Lipinski definition) is 3. The van der Waals surface area contributed by atoms with Gasteiger partial charge in [0, 0.05) is 19.4 Å². The molecule has 0 fully saturated rings. The summed E-state index contributed by atoms with van der Waals surface area (Å²) >= 11 is 5.96. The largest absolute Gasteiger partial charge is 0.422 e. The Hall–Kier alpha value is -1.68. The first-order chi connectivity index (χ1) is 7.18. The van der Waals surface area contributed by atoms with Crippen LogP contribution in [0.1, 0.15) is 0 Å². The van der Waals surface area contributed by atoms with Gasteiger partial charge in [-0.1, -0.05) is 17.7 Å². The summed E-state index contributed by atoms with van der Waals surface area (Å²) in [6.07, 6.45) is 3.42. The zero-order valence-electron chi connectivity index (χ0n) is 8.14. The second-order valence-corrected chi connectivity index (χ2v) is 3.49. The Labute approximate surface area is 92.2 Å². The Morgan fingerprint density at radius 2 is 2.27 bits per heavy atom. The maximum Gasteiger partial charge on any atom is 0.301 e. The molecular weight excluding hydrogens is 214 g/mol. The van der Waals surface area contributed by atoms with Gasteiger partial charge in [-0.2, -0.15) is 0 Å². The first-order valence-electron chi connectivity index (χ1n) is 4.37. The van der Waals surface area contributed by atoms with Crippen LogP contribution in [-0.2, 0) is 7.05 Å². The molecule has 0 aliphatic rings. The van der Waals surface area contributed by atoms with E-state index in [0.29, 0.717) is 22.5 Å². The Morgan fingerprint density at radius 3 is 2.87 bits per heavy atom. The summed E-state index contributed by atoms with van der Waals surface area (Å²) in [7, 11) is 1.83. The van der Waals surface area contributed by atoms with E-state index in [9.17, 15) is 0 Å². The number of nitrogen functional groups attached to an aromatic ring is 1. The molecule has 2 aromatic rings. The van der Waals surface area contributed by atoms with Crippen molar-refractivity contribution in [3.63, 3.8) is 0 Å². The van der Waals surface area contributed by atoms with Crippen molar-refractivity contribution in [1.29, 1.82) is 0 Å². The van der Waals surface area contributed by atoms with Crippen molar-refractivity contribution in [3.05, 3.63) is 35.6 Å².